The minimum atomic E-state index is -4.43. The van der Waals surface area contributed by atoms with Gasteiger partial charge in [-0.25, -0.2) is 0 Å². The van der Waals surface area contributed by atoms with Gasteiger partial charge in [-0.3, -0.25) is 5.41 Å². The molecule has 0 aliphatic heterocycles. The van der Waals surface area contributed by atoms with Gasteiger partial charge in [0.25, 0.3) is 0 Å². The fraction of sp³-hybridized carbons (Fsp3) is 0.240. The first-order valence-electron chi connectivity index (χ1n) is 10.2. The molecule has 0 aliphatic rings. The number of fused-ring (bicyclic) bond motifs is 1. The van der Waals surface area contributed by atoms with Gasteiger partial charge in [0, 0.05) is 6.54 Å². The molecule has 0 atom stereocenters. The smallest absolute Gasteiger partial charge is 0.310 e. The molecule has 3 aromatic carbocycles. The van der Waals surface area contributed by atoms with Crippen molar-refractivity contribution in [2.24, 2.45) is 0 Å². The van der Waals surface area contributed by atoms with Gasteiger partial charge < -0.3 is 9.13 Å². The highest BCUT2D eigenvalue weighted by Crippen LogP contribution is 2.31. The number of nitrogens with zero attached hydrogens (tertiary/aromatic N) is 2. The fourth-order valence-corrected chi connectivity index (χ4v) is 3.78. The lowest BCUT2D eigenvalue weighted by molar-refractivity contribution is -0.137. The lowest BCUT2D eigenvalue weighted by Crippen LogP contribution is -2.25. The van der Waals surface area contributed by atoms with Gasteiger partial charge in [0.1, 0.15) is 0 Å². The van der Waals surface area contributed by atoms with Crippen LogP contribution in [0.25, 0.3) is 11.0 Å². The molecular weight excluding hydrogens is 399 g/mol. The van der Waals surface area contributed by atoms with E-state index in [4.69, 9.17) is 5.41 Å². The van der Waals surface area contributed by atoms with Crippen LogP contribution in [0.1, 0.15) is 27.8 Å². The number of hydrogen-bond donors (Lipinski definition) is 1. The van der Waals surface area contributed by atoms with Crippen molar-refractivity contribution in [3.05, 3.63) is 100 Å². The minimum absolute atomic E-state index is 0.196. The monoisotopic (exact) mass is 423 g/mol. The van der Waals surface area contributed by atoms with Gasteiger partial charge in [-0.1, -0.05) is 59.7 Å². The van der Waals surface area contributed by atoms with E-state index in [-0.39, 0.29) is 5.62 Å². The van der Waals surface area contributed by atoms with Crippen LogP contribution in [-0.2, 0) is 25.7 Å². The summed E-state index contributed by atoms with van der Waals surface area (Å²) in [4.78, 5) is 0. The number of imidazole rings is 1. The molecule has 1 N–H and O–H groups in total. The first-order chi connectivity index (χ1) is 14.7. The second-order valence-corrected chi connectivity index (χ2v) is 7.98. The number of aryl methyl sites for hydroxylation is 4. The van der Waals surface area contributed by atoms with Crippen molar-refractivity contribution >= 4 is 11.0 Å². The average Bonchev–Trinajstić information content (AvgIpc) is 2.99. The summed E-state index contributed by atoms with van der Waals surface area (Å²) in [6, 6.07) is 19.8. The average molecular weight is 423 g/mol. The molecule has 0 saturated carbocycles. The largest absolute Gasteiger partial charge is 0.416 e. The first kappa shape index (κ1) is 21.0. The molecule has 0 amide bonds. The van der Waals surface area contributed by atoms with E-state index < -0.39 is 11.7 Å². The van der Waals surface area contributed by atoms with Crippen LogP contribution in [-0.4, -0.2) is 9.13 Å². The highest BCUT2D eigenvalue weighted by atomic mass is 19.4. The molecule has 0 radical (unpaired) electrons. The van der Waals surface area contributed by atoms with E-state index in [1.54, 1.807) is 9.13 Å². The van der Waals surface area contributed by atoms with Gasteiger partial charge in [0.2, 0.25) is 5.62 Å². The molecule has 0 fully saturated rings. The Morgan fingerprint density at radius 2 is 1.32 bits per heavy atom. The molecule has 0 spiro atoms. The van der Waals surface area contributed by atoms with E-state index in [9.17, 15) is 13.2 Å². The van der Waals surface area contributed by atoms with E-state index >= 15 is 0 Å². The first-order valence-corrected chi connectivity index (χ1v) is 10.2. The van der Waals surface area contributed by atoms with Crippen molar-refractivity contribution in [3.8, 4) is 0 Å². The highest BCUT2D eigenvalue weighted by Gasteiger charge is 2.31. The van der Waals surface area contributed by atoms with Gasteiger partial charge in [0.15, 0.2) is 0 Å². The van der Waals surface area contributed by atoms with Crippen LogP contribution in [0.5, 0.6) is 0 Å². The van der Waals surface area contributed by atoms with Crippen molar-refractivity contribution in [2.75, 3.05) is 0 Å². The van der Waals surface area contributed by atoms with Crippen LogP contribution in [0.4, 0.5) is 13.2 Å². The summed E-state index contributed by atoms with van der Waals surface area (Å²) in [5, 5.41) is 8.74. The predicted octanol–water partition coefficient (Wildman–Crippen LogP) is 5.85. The van der Waals surface area contributed by atoms with E-state index in [1.807, 2.05) is 62.4 Å². The summed E-state index contributed by atoms with van der Waals surface area (Å²) in [6.07, 6.45) is -3.79. The Morgan fingerprint density at radius 3 is 1.90 bits per heavy atom. The number of alkyl halides is 3. The molecule has 6 heteroatoms. The SMILES string of the molecule is Cc1ccc(CCn2c(=N)n(Cc3ccc(C)cc3)c3ccc(C(F)(F)F)cc32)cc1. The fourth-order valence-electron chi connectivity index (χ4n) is 3.78. The van der Waals surface area contributed by atoms with E-state index in [2.05, 4.69) is 0 Å². The molecule has 1 heterocycles. The summed E-state index contributed by atoms with van der Waals surface area (Å²) in [7, 11) is 0. The minimum Gasteiger partial charge on any atom is -0.310 e. The van der Waals surface area contributed by atoms with Crippen LogP contribution < -0.4 is 5.62 Å². The predicted molar refractivity (Wildman–Crippen MR) is 116 cm³/mol. The van der Waals surface area contributed by atoms with Crippen molar-refractivity contribution in [1.82, 2.24) is 9.13 Å². The van der Waals surface area contributed by atoms with Crippen LogP contribution in [0.3, 0.4) is 0 Å². The summed E-state index contributed by atoms with van der Waals surface area (Å²) >= 11 is 0. The molecular formula is C25H24F3N3. The second-order valence-electron chi connectivity index (χ2n) is 7.98. The van der Waals surface area contributed by atoms with Gasteiger partial charge in [0.05, 0.1) is 23.1 Å². The van der Waals surface area contributed by atoms with Gasteiger partial charge in [-0.2, -0.15) is 13.2 Å². The van der Waals surface area contributed by atoms with Gasteiger partial charge >= 0.3 is 6.18 Å². The molecule has 4 aromatic rings. The maximum atomic E-state index is 13.4. The Hall–Kier alpha value is -3.28. The topological polar surface area (TPSA) is 33.7 Å². The number of aromatic nitrogens is 2. The molecule has 3 nitrogen and oxygen atoms in total. The lowest BCUT2D eigenvalue weighted by Gasteiger charge is -2.09. The zero-order valence-electron chi connectivity index (χ0n) is 17.5. The van der Waals surface area contributed by atoms with E-state index in [0.717, 1.165) is 34.4 Å². The number of nitrogens with one attached hydrogen (secondary N) is 1. The van der Waals surface area contributed by atoms with Crippen molar-refractivity contribution < 1.29 is 13.2 Å². The quantitative estimate of drug-likeness (QED) is 0.418. The Balaban J connectivity index is 1.78. The third kappa shape index (κ3) is 4.43. The third-order valence-electron chi connectivity index (χ3n) is 5.60. The Bertz CT molecular complexity index is 1260. The third-order valence-corrected chi connectivity index (χ3v) is 5.60. The molecule has 4 rings (SSSR count). The normalized spacial score (nSPS) is 11.9. The summed E-state index contributed by atoms with van der Waals surface area (Å²) in [5.74, 6) is 0. The van der Waals surface area contributed by atoms with Crippen LogP contribution in [0, 0.1) is 19.3 Å². The number of benzene rings is 3. The number of halogens is 3. The van der Waals surface area contributed by atoms with Gasteiger partial charge in [-0.15, -0.1) is 0 Å². The van der Waals surface area contributed by atoms with Crippen molar-refractivity contribution in [1.29, 1.82) is 5.41 Å². The molecule has 0 bridgehead atoms. The Morgan fingerprint density at radius 1 is 0.742 bits per heavy atom. The Labute approximate surface area is 178 Å². The molecule has 0 saturated heterocycles. The zero-order chi connectivity index (χ0) is 22.2. The standard InChI is InChI=1S/C25H24F3N3/c1-17-3-7-19(8-4-17)13-14-30-23-15-21(25(26,27)28)11-12-22(23)31(24(30)29)16-20-9-5-18(2)6-10-20/h3-12,15,29H,13-14,16H2,1-2H3. The van der Waals surface area contributed by atoms with Crippen LogP contribution in [0.15, 0.2) is 66.7 Å². The summed E-state index contributed by atoms with van der Waals surface area (Å²) in [5.41, 5.74) is 4.93. The van der Waals surface area contributed by atoms with Crippen molar-refractivity contribution in [3.63, 3.8) is 0 Å². The summed E-state index contributed by atoms with van der Waals surface area (Å²) < 4.78 is 43.5. The lowest BCUT2D eigenvalue weighted by atomic mass is 10.1. The molecule has 1 aromatic heterocycles. The molecule has 0 unspecified atom stereocenters. The molecule has 160 valence electrons. The number of rotatable bonds is 5. The molecule has 31 heavy (non-hydrogen) atoms. The van der Waals surface area contributed by atoms with E-state index in [0.29, 0.717) is 30.5 Å². The maximum Gasteiger partial charge on any atom is 0.416 e. The summed E-state index contributed by atoms with van der Waals surface area (Å²) in [6.45, 7) is 4.87. The maximum absolute atomic E-state index is 13.4. The molecule has 0 aliphatic carbocycles. The Kier molecular flexibility index (Phi) is 5.48. The highest BCUT2D eigenvalue weighted by molar-refractivity contribution is 5.77. The van der Waals surface area contributed by atoms with Crippen LogP contribution in [0.2, 0.25) is 0 Å². The van der Waals surface area contributed by atoms with Gasteiger partial charge in [-0.05, 0) is 49.6 Å². The van der Waals surface area contributed by atoms with E-state index in [1.165, 1.54) is 6.07 Å². The van der Waals surface area contributed by atoms with Crippen molar-refractivity contribution in [2.45, 2.75) is 39.5 Å². The zero-order valence-corrected chi connectivity index (χ0v) is 17.5. The second kappa shape index (κ2) is 8.10. The number of hydrogen-bond acceptors (Lipinski definition) is 1. The van der Waals surface area contributed by atoms with Crippen LogP contribution >= 0.6 is 0 Å².